The third-order valence-electron chi connectivity index (χ3n) is 5.43. The predicted molar refractivity (Wildman–Crippen MR) is 106 cm³/mol. The Morgan fingerprint density at radius 2 is 1.61 bits per heavy atom. The lowest BCUT2D eigenvalue weighted by molar-refractivity contribution is -0.138. The number of benzene rings is 1. The van der Waals surface area contributed by atoms with Crippen molar-refractivity contribution >= 4 is 11.9 Å². The number of hydrogen-bond donors (Lipinski definition) is 1. The Kier molecular flexibility index (Phi) is 6.30. The standard InChI is InChI=1S/C20H15F8N7O/c21-18(22)3-6-34(15(18)10-31-17-29-8-12(9-30-17)20(26,27)28)16(36)13-7-11(19(23,24)25)1-2-14(13)35-32-4-5-33-35/h1-2,4-5,7-9,15H,3,6,10H2,(H,29,30,31). The lowest BCUT2D eigenvalue weighted by Gasteiger charge is -2.28. The second-order valence-corrected chi connectivity index (χ2v) is 7.75. The molecule has 192 valence electrons. The zero-order chi connectivity index (χ0) is 26.3. The molecule has 36 heavy (non-hydrogen) atoms. The molecule has 3 aromatic rings. The van der Waals surface area contributed by atoms with Gasteiger partial charge < -0.3 is 10.2 Å². The van der Waals surface area contributed by atoms with Crippen LogP contribution in [0.15, 0.2) is 43.0 Å². The number of halogens is 8. The van der Waals surface area contributed by atoms with Crippen LogP contribution in [-0.2, 0) is 12.4 Å². The van der Waals surface area contributed by atoms with Gasteiger partial charge in [-0.3, -0.25) is 4.79 Å². The summed E-state index contributed by atoms with van der Waals surface area (Å²) in [5, 5.41) is 9.95. The minimum Gasteiger partial charge on any atom is -0.352 e. The topological polar surface area (TPSA) is 88.8 Å². The molecule has 0 radical (unpaired) electrons. The fraction of sp³-hybridized carbons (Fsp3) is 0.350. The molecule has 0 saturated carbocycles. The van der Waals surface area contributed by atoms with Gasteiger partial charge in [0.2, 0.25) is 5.95 Å². The molecule has 0 aliphatic carbocycles. The molecule has 1 aliphatic rings. The predicted octanol–water partition coefficient (Wildman–Crippen LogP) is 4.06. The van der Waals surface area contributed by atoms with Crippen LogP contribution in [0.5, 0.6) is 0 Å². The van der Waals surface area contributed by atoms with Gasteiger partial charge in [0.05, 0.1) is 34.8 Å². The normalized spacial score (nSPS) is 17.9. The molecule has 1 amide bonds. The first-order chi connectivity index (χ1) is 16.8. The quantitative estimate of drug-likeness (QED) is 0.510. The van der Waals surface area contributed by atoms with Crippen LogP contribution in [0.3, 0.4) is 0 Å². The number of aromatic nitrogens is 5. The summed E-state index contributed by atoms with van der Waals surface area (Å²) in [6, 6.07) is 0.327. The molecule has 16 heteroatoms. The number of carbonyl (C=O) groups excluding carboxylic acids is 1. The molecule has 3 heterocycles. The van der Waals surface area contributed by atoms with Gasteiger partial charge in [0.1, 0.15) is 6.04 Å². The molecular formula is C20H15F8N7O. The van der Waals surface area contributed by atoms with Gasteiger partial charge in [0.15, 0.2) is 0 Å². The van der Waals surface area contributed by atoms with E-state index in [1.54, 1.807) is 0 Å². The fourth-order valence-electron chi connectivity index (χ4n) is 3.63. The highest BCUT2D eigenvalue weighted by Gasteiger charge is 2.51. The van der Waals surface area contributed by atoms with E-state index in [2.05, 4.69) is 25.5 Å². The van der Waals surface area contributed by atoms with Crippen LogP contribution in [0.4, 0.5) is 41.1 Å². The summed E-state index contributed by atoms with van der Waals surface area (Å²) in [4.78, 5) is 21.7. The molecular weight excluding hydrogens is 506 g/mol. The Morgan fingerprint density at radius 3 is 2.19 bits per heavy atom. The second kappa shape index (κ2) is 8.98. The monoisotopic (exact) mass is 521 g/mol. The van der Waals surface area contributed by atoms with Gasteiger partial charge in [0.25, 0.3) is 11.8 Å². The van der Waals surface area contributed by atoms with Gasteiger partial charge in [-0.2, -0.15) is 41.3 Å². The summed E-state index contributed by atoms with van der Waals surface area (Å²) in [5.74, 6) is -5.00. The molecule has 1 saturated heterocycles. The molecule has 1 unspecified atom stereocenters. The van der Waals surface area contributed by atoms with E-state index in [-0.39, 0.29) is 5.69 Å². The first kappa shape index (κ1) is 25.2. The van der Waals surface area contributed by atoms with Gasteiger partial charge in [0, 0.05) is 31.9 Å². The number of rotatable bonds is 5. The van der Waals surface area contributed by atoms with Crippen molar-refractivity contribution in [1.29, 1.82) is 0 Å². The van der Waals surface area contributed by atoms with E-state index >= 15 is 0 Å². The van der Waals surface area contributed by atoms with Crippen LogP contribution in [0, 0.1) is 0 Å². The third kappa shape index (κ3) is 5.06. The lowest BCUT2D eigenvalue weighted by atomic mass is 10.1. The number of amides is 1. The molecule has 1 atom stereocenters. The van der Waals surface area contributed by atoms with E-state index in [4.69, 9.17) is 0 Å². The van der Waals surface area contributed by atoms with Crippen molar-refractivity contribution in [2.45, 2.75) is 30.7 Å². The second-order valence-electron chi connectivity index (χ2n) is 7.75. The van der Waals surface area contributed by atoms with Crippen molar-refractivity contribution in [2.24, 2.45) is 0 Å². The maximum Gasteiger partial charge on any atom is 0.419 e. The van der Waals surface area contributed by atoms with E-state index < -0.39 is 72.4 Å². The minimum absolute atomic E-state index is 0.161. The summed E-state index contributed by atoms with van der Waals surface area (Å²) in [6.07, 6.45) is -6.96. The van der Waals surface area contributed by atoms with Gasteiger partial charge in [-0.15, -0.1) is 0 Å². The Balaban J connectivity index is 1.62. The summed E-state index contributed by atoms with van der Waals surface area (Å²) in [6.45, 7) is -1.17. The van der Waals surface area contributed by atoms with E-state index in [9.17, 15) is 39.9 Å². The zero-order valence-corrected chi connectivity index (χ0v) is 17.9. The first-order valence-electron chi connectivity index (χ1n) is 10.2. The number of alkyl halides is 8. The number of carbonyl (C=O) groups is 1. The number of anilines is 1. The molecule has 8 nitrogen and oxygen atoms in total. The molecule has 2 aromatic heterocycles. The van der Waals surface area contributed by atoms with Crippen LogP contribution >= 0.6 is 0 Å². The molecule has 1 fully saturated rings. The SMILES string of the molecule is O=C(c1cc(C(F)(F)F)ccc1-n1nccn1)N1CCC(F)(F)C1CNc1ncc(C(F)(F)F)cn1. The fourth-order valence-corrected chi connectivity index (χ4v) is 3.63. The average Bonchev–Trinajstić information content (AvgIpc) is 3.43. The van der Waals surface area contributed by atoms with Gasteiger partial charge in [-0.25, -0.2) is 18.7 Å². The van der Waals surface area contributed by atoms with E-state index in [0.717, 1.165) is 10.9 Å². The lowest BCUT2D eigenvalue weighted by Crippen LogP contribution is -2.47. The van der Waals surface area contributed by atoms with Crippen molar-refractivity contribution in [3.63, 3.8) is 0 Å². The van der Waals surface area contributed by atoms with Crippen LogP contribution in [0.25, 0.3) is 5.69 Å². The van der Waals surface area contributed by atoms with Crippen LogP contribution < -0.4 is 5.32 Å². The number of hydrogen-bond acceptors (Lipinski definition) is 6. The smallest absolute Gasteiger partial charge is 0.352 e. The van der Waals surface area contributed by atoms with Crippen molar-refractivity contribution in [3.8, 4) is 5.69 Å². The molecule has 0 bridgehead atoms. The molecule has 4 rings (SSSR count). The Morgan fingerprint density at radius 1 is 1.00 bits per heavy atom. The average molecular weight is 521 g/mol. The first-order valence-corrected chi connectivity index (χ1v) is 10.2. The molecule has 1 aliphatic heterocycles. The Bertz CT molecular complexity index is 1230. The van der Waals surface area contributed by atoms with Crippen LogP contribution in [0.2, 0.25) is 0 Å². The van der Waals surface area contributed by atoms with Crippen LogP contribution in [-0.4, -0.2) is 60.8 Å². The highest BCUT2D eigenvalue weighted by Crippen LogP contribution is 2.37. The Labute approximate surface area is 196 Å². The van der Waals surface area contributed by atoms with Gasteiger partial charge in [-0.05, 0) is 18.2 Å². The third-order valence-corrected chi connectivity index (χ3v) is 5.43. The van der Waals surface area contributed by atoms with Gasteiger partial charge >= 0.3 is 12.4 Å². The van der Waals surface area contributed by atoms with E-state index in [1.165, 1.54) is 12.4 Å². The number of nitrogens with zero attached hydrogens (tertiary/aromatic N) is 6. The Hall–Kier alpha value is -3.85. The van der Waals surface area contributed by atoms with Crippen molar-refractivity contribution < 1.29 is 39.9 Å². The maximum atomic E-state index is 14.7. The summed E-state index contributed by atoms with van der Waals surface area (Å²) >= 11 is 0. The summed E-state index contributed by atoms with van der Waals surface area (Å²) < 4.78 is 107. The van der Waals surface area contributed by atoms with Crippen molar-refractivity contribution in [3.05, 3.63) is 59.7 Å². The van der Waals surface area contributed by atoms with Crippen molar-refractivity contribution in [1.82, 2.24) is 29.9 Å². The molecule has 1 N–H and O–H groups in total. The number of nitrogens with one attached hydrogen (secondary N) is 1. The number of likely N-dealkylation sites (tertiary alicyclic amines) is 1. The minimum atomic E-state index is -4.82. The molecule has 0 spiro atoms. The van der Waals surface area contributed by atoms with Crippen LogP contribution in [0.1, 0.15) is 27.9 Å². The highest BCUT2D eigenvalue weighted by molar-refractivity contribution is 5.98. The zero-order valence-electron chi connectivity index (χ0n) is 17.9. The maximum absolute atomic E-state index is 14.7. The largest absolute Gasteiger partial charge is 0.419 e. The van der Waals surface area contributed by atoms with E-state index in [1.807, 2.05) is 0 Å². The van der Waals surface area contributed by atoms with E-state index in [0.29, 0.717) is 29.4 Å². The summed E-state index contributed by atoms with van der Waals surface area (Å²) in [5.41, 5.74) is -3.05. The molecule has 1 aromatic carbocycles. The highest BCUT2D eigenvalue weighted by atomic mass is 19.4. The van der Waals surface area contributed by atoms with Gasteiger partial charge in [-0.1, -0.05) is 0 Å². The van der Waals surface area contributed by atoms with Crippen molar-refractivity contribution in [2.75, 3.05) is 18.4 Å². The summed E-state index contributed by atoms with van der Waals surface area (Å²) in [7, 11) is 0.